The number of benzene rings is 1. The maximum atomic E-state index is 13.1. The van der Waals surface area contributed by atoms with Crippen LogP contribution in [-0.4, -0.2) is 24.7 Å². The monoisotopic (exact) mass is 398 g/mol. The number of aromatic nitrogens is 1. The van der Waals surface area contributed by atoms with Crippen molar-refractivity contribution in [1.29, 1.82) is 0 Å². The Morgan fingerprint density at radius 1 is 1.18 bits per heavy atom. The van der Waals surface area contributed by atoms with E-state index >= 15 is 0 Å². The lowest BCUT2D eigenvalue weighted by atomic mass is 10.1. The molecule has 0 radical (unpaired) electrons. The van der Waals surface area contributed by atoms with Crippen LogP contribution in [0, 0.1) is 6.92 Å². The van der Waals surface area contributed by atoms with Crippen molar-refractivity contribution in [2.45, 2.75) is 40.4 Å². The molecule has 0 aliphatic heterocycles. The molecule has 1 N–H and O–H groups in total. The molecule has 5 nitrogen and oxygen atoms in total. The van der Waals surface area contributed by atoms with Gasteiger partial charge in [-0.3, -0.25) is 0 Å². The summed E-state index contributed by atoms with van der Waals surface area (Å²) in [6.45, 7) is 7.33. The van der Waals surface area contributed by atoms with E-state index in [2.05, 4.69) is 10.3 Å². The number of hydrogen-bond acceptors (Lipinski definition) is 5. The van der Waals surface area contributed by atoms with Crippen LogP contribution in [0.4, 0.5) is 19.0 Å². The highest BCUT2D eigenvalue weighted by atomic mass is 19.4. The Morgan fingerprint density at radius 2 is 1.79 bits per heavy atom. The third-order valence-electron chi connectivity index (χ3n) is 3.61. The van der Waals surface area contributed by atoms with Crippen LogP contribution < -0.4 is 10.1 Å². The number of hydrogen-bond donors (Lipinski definition) is 1. The molecule has 0 aliphatic carbocycles. The van der Waals surface area contributed by atoms with Gasteiger partial charge in [-0.05, 0) is 43.2 Å². The molecular weight excluding hydrogens is 373 g/mol. The highest BCUT2D eigenvalue weighted by molar-refractivity contribution is 5.96. The Bertz CT molecular complexity index is 776. The summed E-state index contributed by atoms with van der Waals surface area (Å²) in [6.07, 6.45) is -4.62. The maximum absolute atomic E-state index is 13.1. The number of esters is 1. The van der Waals surface area contributed by atoms with Crippen molar-refractivity contribution in [2.75, 3.05) is 19.0 Å². The van der Waals surface area contributed by atoms with E-state index in [1.807, 2.05) is 13.8 Å². The van der Waals surface area contributed by atoms with E-state index in [9.17, 15) is 18.0 Å². The van der Waals surface area contributed by atoms with Gasteiger partial charge in [0.2, 0.25) is 0 Å². The third-order valence-corrected chi connectivity index (χ3v) is 3.61. The minimum Gasteiger partial charge on any atom is -0.497 e. The molecule has 0 unspecified atom stereocenters. The van der Waals surface area contributed by atoms with Gasteiger partial charge in [0.25, 0.3) is 0 Å². The van der Waals surface area contributed by atoms with E-state index in [-0.39, 0.29) is 30.1 Å². The van der Waals surface area contributed by atoms with Crippen molar-refractivity contribution in [3.05, 3.63) is 52.7 Å². The van der Waals surface area contributed by atoms with Crippen LogP contribution in [-0.2, 0) is 17.5 Å². The second-order valence-corrected chi connectivity index (χ2v) is 5.47. The van der Waals surface area contributed by atoms with Crippen molar-refractivity contribution in [3.63, 3.8) is 0 Å². The largest absolute Gasteiger partial charge is 0.497 e. The number of methoxy groups -OCH3 is 1. The highest BCUT2D eigenvalue weighted by Crippen LogP contribution is 2.31. The predicted molar refractivity (Wildman–Crippen MR) is 102 cm³/mol. The number of nitrogens with one attached hydrogen (secondary N) is 1. The normalized spacial score (nSPS) is 10.6. The molecule has 0 aliphatic rings. The molecule has 0 saturated carbocycles. The fourth-order valence-corrected chi connectivity index (χ4v) is 2.34. The number of nitrogens with zero attached hydrogens (tertiary/aromatic N) is 1. The van der Waals surface area contributed by atoms with Crippen molar-refractivity contribution in [2.24, 2.45) is 0 Å². The molecule has 1 heterocycles. The minimum atomic E-state index is -4.62. The van der Waals surface area contributed by atoms with Crippen LogP contribution in [0.2, 0.25) is 0 Å². The summed E-state index contributed by atoms with van der Waals surface area (Å²) in [5.41, 5.74) is -0.144. The molecule has 154 valence electrons. The number of carbonyl (C=O) groups is 1. The molecule has 1 aromatic heterocycles. The van der Waals surface area contributed by atoms with Crippen molar-refractivity contribution in [1.82, 2.24) is 4.98 Å². The third kappa shape index (κ3) is 6.14. The van der Waals surface area contributed by atoms with Crippen LogP contribution in [0.1, 0.15) is 48.0 Å². The number of halogens is 3. The summed E-state index contributed by atoms with van der Waals surface area (Å²) in [7, 11) is 1.54. The van der Waals surface area contributed by atoms with Crippen molar-refractivity contribution in [3.8, 4) is 5.75 Å². The molecule has 28 heavy (non-hydrogen) atoms. The lowest BCUT2D eigenvalue weighted by Gasteiger charge is -2.16. The average Bonchev–Trinajstić information content (AvgIpc) is 2.67. The molecule has 0 atom stereocenters. The van der Waals surface area contributed by atoms with Crippen LogP contribution >= 0.6 is 0 Å². The summed E-state index contributed by atoms with van der Waals surface area (Å²) in [4.78, 5) is 15.7. The van der Waals surface area contributed by atoms with Crippen molar-refractivity contribution >= 4 is 11.8 Å². The Kier molecular flexibility index (Phi) is 8.76. The van der Waals surface area contributed by atoms with Gasteiger partial charge in [0.15, 0.2) is 0 Å². The summed E-state index contributed by atoms with van der Waals surface area (Å²) < 4.78 is 49.2. The number of aryl methyl sites for hydroxylation is 1. The van der Waals surface area contributed by atoms with Crippen LogP contribution in [0.5, 0.6) is 5.75 Å². The molecule has 0 amide bonds. The van der Waals surface area contributed by atoms with E-state index < -0.39 is 17.8 Å². The molecule has 0 fully saturated rings. The zero-order valence-corrected chi connectivity index (χ0v) is 16.6. The standard InChI is InChI=1S/C18H19F3N2O3.C2H6/c1-4-26-17(24)15-11(2)9-14(18(19,20)21)23-16(15)22-10-12-5-7-13(25-3)8-6-12;1-2/h5-9H,4,10H2,1-3H3,(H,22,23);1-2H3. The molecule has 0 bridgehead atoms. The molecule has 1 aromatic carbocycles. The second-order valence-electron chi connectivity index (χ2n) is 5.47. The van der Waals surface area contributed by atoms with E-state index in [1.54, 1.807) is 31.2 Å². The van der Waals surface area contributed by atoms with E-state index in [1.165, 1.54) is 14.0 Å². The van der Waals surface area contributed by atoms with Crippen molar-refractivity contribution < 1.29 is 27.4 Å². The van der Waals surface area contributed by atoms with Gasteiger partial charge in [-0.25, -0.2) is 9.78 Å². The maximum Gasteiger partial charge on any atom is 0.433 e. The summed E-state index contributed by atoms with van der Waals surface area (Å²) in [5, 5.41) is 2.81. The Morgan fingerprint density at radius 3 is 2.29 bits per heavy atom. The average molecular weight is 398 g/mol. The quantitative estimate of drug-likeness (QED) is 0.675. The van der Waals surface area contributed by atoms with Gasteiger partial charge in [-0.1, -0.05) is 26.0 Å². The van der Waals surface area contributed by atoms with Gasteiger partial charge in [-0.2, -0.15) is 13.2 Å². The van der Waals surface area contributed by atoms with Gasteiger partial charge in [0.1, 0.15) is 22.8 Å². The van der Waals surface area contributed by atoms with Gasteiger partial charge in [0, 0.05) is 6.54 Å². The molecule has 8 heteroatoms. The summed E-state index contributed by atoms with van der Waals surface area (Å²) in [6, 6.07) is 7.82. The first kappa shape index (κ1) is 23.3. The van der Waals surface area contributed by atoms with E-state index in [4.69, 9.17) is 9.47 Å². The van der Waals surface area contributed by atoms with Crippen LogP contribution in [0.25, 0.3) is 0 Å². The number of ether oxygens (including phenoxy) is 2. The topological polar surface area (TPSA) is 60.5 Å². The first-order valence-corrected chi connectivity index (χ1v) is 8.89. The number of carbonyl (C=O) groups excluding carboxylic acids is 1. The predicted octanol–water partition coefficient (Wildman–Crippen LogP) is 5.23. The molecule has 0 spiro atoms. The van der Waals surface area contributed by atoms with Gasteiger partial charge < -0.3 is 14.8 Å². The lowest BCUT2D eigenvalue weighted by molar-refractivity contribution is -0.141. The molecule has 2 rings (SSSR count). The zero-order chi connectivity index (χ0) is 21.3. The van der Waals surface area contributed by atoms with Gasteiger partial charge >= 0.3 is 12.1 Å². The van der Waals surface area contributed by atoms with Crippen LogP contribution in [0.15, 0.2) is 30.3 Å². The Hall–Kier alpha value is -2.77. The van der Waals surface area contributed by atoms with Gasteiger partial charge in [0.05, 0.1) is 13.7 Å². The fourth-order valence-electron chi connectivity index (χ4n) is 2.34. The number of pyridine rings is 1. The molecule has 0 saturated heterocycles. The first-order chi connectivity index (χ1) is 13.3. The molecule has 2 aromatic rings. The lowest BCUT2D eigenvalue weighted by Crippen LogP contribution is -2.17. The highest BCUT2D eigenvalue weighted by Gasteiger charge is 2.34. The fraction of sp³-hybridized carbons (Fsp3) is 0.400. The number of anilines is 1. The van der Waals surface area contributed by atoms with Crippen LogP contribution in [0.3, 0.4) is 0 Å². The first-order valence-electron chi connectivity index (χ1n) is 8.89. The smallest absolute Gasteiger partial charge is 0.433 e. The Labute approximate surface area is 162 Å². The zero-order valence-electron chi connectivity index (χ0n) is 16.6. The van der Waals surface area contributed by atoms with E-state index in [0.29, 0.717) is 5.75 Å². The minimum absolute atomic E-state index is 0.00615. The molecular formula is C20H25F3N2O3. The summed E-state index contributed by atoms with van der Waals surface area (Å²) >= 11 is 0. The number of rotatable bonds is 6. The van der Waals surface area contributed by atoms with E-state index in [0.717, 1.165) is 11.6 Å². The number of alkyl halides is 3. The summed E-state index contributed by atoms with van der Waals surface area (Å²) in [5.74, 6) is -0.218. The van der Waals surface area contributed by atoms with Gasteiger partial charge in [-0.15, -0.1) is 0 Å². The second kappa shape index (κ2) is 10.5. The Balaban J connectivity index is 0.00000190. The SMILES string of the molecule is CC.CCOC(=O)c1c(C)cc(C(F)(F)F)nc1NCc1ccc(OC)cc1.